The van der Waals surface area contributed by atoms with Gasteiger partial charge in [-0.05, 0) is 253 Å². The Balaban J connectivity index is 0.00000600. The van der Waals surface area contributed by atoms with Crippen LogP contribution in [0.1, 0.15) is 299 Å². The highest BCUT2D eigenvalue weighted by molar-refractivity contribution is 7.89. The molecule has 1 unspecified atom stereocenters. The zero-order valence-electron chi connectivity index (χ0n) is 80.8. The Morgan fingerprint density at radius 2 is 1.24 bits per heavy atom. The minimum Gasteiger partial charge on any atom is -0.748 e. The van der Waals surface area contributed by atoms with Crippen LogP contribution >= 0.6 is 0 Å². The van der Waals surface area contributed by atoms with Crippen molar-refractivity contribution in [1.29, 1.82) is 0 Å². The molecule has 0 saturated heterocycles. The van der Waals surface area contributed by atoms with Gasteiger partial charge in [-0.3, -0.25) is 38.1 Å². The number of nitrogens with zero attached hydrogens (tertiary/aromatic N) is 9. The van der Waals surface area contributed by atoms with Crippen molar-refractivity contribution in [3.05, 3.63) is 171 Å². The van der Waals surface area contributed by atoms with E-state index in [-0.39, 0.29) is 130 Å². The summed E-state index contributed by atoms with van der Waals surface area (Å²) in [7, 11) is -16.2. The Morgan fingerprint density at radius 3 is 1.92 bits per heavy atom. The molecule has 0 bridgehead atoms. The van der Waals surface area contributed by atoms with E-state index in [4.69, 9.17) is 19.6 Å². The molecule has 4 aromatic carbocycles. The molecular formula is C101H136N14O19S4. The summed E-state index contributed by atoms with van der Waals surface area (Å²) in [6.45, 7) is 16.0. The van der Waals surface area contributed by atoms with Gasteiger partial charge in [-0.2, -0.15) is 31.0 Å². The SMILES string of the molecule is Cc1ncc([C@@H](CCCCCCc2nc3c(cc2CNC(=O)CCC(=O)NCCCC[C@H](NC(=O)CCCN(C)S(=O)(=O)c2cccc4c5c(ccc24)N(CCCS(=O)(=O)O)C(CCCCCC2=[N+](CCCS(=O)(=O)[O-])c4ccc6ccc(S(=O)(=O)O)cc6c4C2(C)C)C5(C)C)C(=O)NCc2cc4c(nc2CCCCCC[C@@H](C)c2cnc(C)nc2)NCCC4)CCCC3)CC(=O)O)cn1.O=C=O. The first-order valence-corrected chi connectivity index (χ1v) is 54.7. The number of aromatic nitrogens is 6. The van der Waals surface area contributed by atoms with Gasteiger partial charge in [0.2, 0.25) is 39.3 Å². The van der Waals surface area contributed by atoms with E-state index in [2.05, 4.69) is 84.3 Å². The van der Waals surface area contributed by atoms with Crippen molar-refractivity contribution in [2.45, 2.75) is 318 Å². The fraction of sp³-hybridized carbons (Fsp3) is 0.554. The number of carboxylic acids is 1. The quantitative estimate of drug-likeness (QED) is 0.00997. The second kappa shape index (κ2) is 49.6. The largest absolute Gasteiger partial charge is 0.748 e. The first kappa shape index (κ1) is 108. The van der Waals surface area contributed by atoms with Crippen molar-refractivity contribution < 1.29 is 90.6 Å². The topological polar surface area (TPSA) is 487 Å². The number of nitrogens with one attached hydrogen (secondary N) is 5. The molecule has 1 aliphatic carbocycles. The minimum atomic E-state index is -4.57. The first-order valence-electron chi connectivity index (χ1n) is 48.7. The summed E-state index contributed by atoms with van der Waals surface area (Å²) in [6.07, 6.45) is 28.2. The van der Waals surface area contributed by atoms with Crippen LogP contribution in [0.15, 0.2) is 107 Å². The number of fused-ring (bicyclic) bond motifs is 8. The van der Waals surface area contributed by atoms with Gasteiger partial charge in [-0.25, -0.2) is 46.1 Å². The van der Waals surface area contributed by atoms with Crippen molar-refractivity contribution in [1.82, 2.24) is 55.5 Å². The van der Waals surface area contributed by atoms with Gasteiger partial charge >= 0.3 is 12.1 Å². The number of hydrogen-bond acceptors (Lipinski definition) is 24. The van der Waals surface area contributed by atoms with Crippen molar-refractivity contribution in [2.24, 2.45) is 0 Å². The minimum absolute atomic E-state index is 0.0156. The number of aryl methyl sites for hydroxylation is 7. The van der Waals surface area contributed by atoms with Crippen LogP contribution in [0.5, 0.6) is 0 Å². The van der Waals surface area contributed by atoms with Gasteiger partial charge in [0.05, 0.1) is 37.5 Å². The van der Waals surface area contributed by atoms with Crippen LogP contribution in [-0.4, -0.2) is 196 Å². The van der Waals surface area contributed by atoms with Crippen LogP contribution in [0, 0.1) is 13.8 Å². The van der Waals surface area contributed by atoms with E-state index >= 15 is 8.42 Å². The number of aliphatic carboxylic acids is 1. The van der Waals surface area contributed by atoms with Crippen LogP contribution in [0.25, 0.3) is 21.5 Å². The van der Waals surface area contributed by atoms with E-state index in [0.717, 1.165) is 199 Å². The van der Waals surface area contributed by atoms with Crippen LogP contribution in [0.2, 0.25) is 0 Å². The average molecular weight is 1980 g/mol. The summed E-state index contributed by atoms with van der Waals surface area (Å²) in [4.78, 5) is 113. The van der Waals surface area contributed by atoms with Gasteiger partial charge in [0.25, 0.3) is 20.2 Å². The number of carboxylic acid groups (broad SMARTS) is 1. The fourth-order valence-electron chi connectivity index (χ4n) is 20.3. The normalized spacial score (nSPS) is 15.6. The molecule has 4 amide bonds. The van der Waals surface area contributed by atoms with Crippen molar-refractivity contribution in [2.75, 3.05) is 61.5 Å². The highest BCUT2D eigenvalue weighted by Crippen LogP contribution is 2.52. The third-order valence-corrected chi connectivity index (χ3v) is 31.9. The van der Waals surface area contributed by atoms with Crippen molar-refractivity contribution >= 4 is 121 Å². The Morgan fingerprint density at radius 1 is 0.623 bits per heavy atom. The number of pyridine rings is 2. The number of anilines is 2. The molecule has 37 heteroatoms. The molecular weight excluding hydrogens is 1840 g/mol. The highest BCUT2D eigenvalue weighted by Gasteiger charge is 2.48. The van der Waals surface area contributed by atoms with Gasteiger partial charge in [-0.1, -0.05) is 102 Å². The summed E-state index contributed by atoms with van der Waals surface area (Å²) >= 11 is 0. The van der Waals surface area contributed by atoms with Crippen LogP contribution in [0.4, 0.5) is 17.2 Å². The Kier molecular flexibility index (Phi) is 38.8. The molecule has 748 valence electrons. The number of sulfonamides is 1. The maximum atomic E-state index is 15.1. The molecule has 33 nitrogen and oxygen atoms in total. The lowest BCUT2D eigenvalue weighted by molar-refractivity contribution is -0.439. The number of carbonyl (C=O) groups excluding carboxylic acids is 6. The van der Waals surface area contributed by atoms with Crippen molar-refractivity contribution in [3.63, 3.8) is 0 Å². The number of amides is 4. The maximum Gasteiger partial charge on any atom is 0.373 e. The molecule has 4 aliphatic rings. The lowest BCUT2D eigenvalue weighted by Gasteiger charge is -2.35. The average Bonchev–Trinajstić information content (AvgIpc) is 1.56. The fourth-order valence-corrected chi connectivity index (χ4v) is 23.1. The monoisotopic (exact) mass is 1980 g/mol. The number of rotatable bonds is 53. The van der Waals surface area contributed by atoms with Gasteiger partial charge in [0.15, 0.2) is 5.71 Å². The smallest absolute Gasteiger partial charge is 0.373 e. The molecule has 0 saturated carbocycles. The lowest BCUT2D eigenvalue weighted by Crippen LogP contribution is -2.46. The molecule has 0 radical (unpaired) electrons. The second-order valence-corrected chi connectivity index (χ2v) is 44.9. The molecule has 12 rings (SSSR count). The molecule has 4 aromatic heterocycles. The Hall–Kier alpha value is -10.5. The van der Waals surface area contributed by atoms with Gasteiger partial charge in [0, 0.05) is 160 Å². The molecule has 7 heterocycles. The predicted molar refractivity (Wildman–Crippen MR) is 526 cm³/mol. The van der Waals surface area contributed by atoms with Gasteiger partial charge < -0.3 is 41.1 Å². The third-order valence-electron chi connectivity index (χ3n) is 27.6. The maximum absolute atomic E-state index is 15.1. The number of hydrogen-bond donors (Lipinski definition) is 8. The number of benzene rings is 4. The summed E-state index contributed by atoms with van der Waals surface area (Å²) in [5, 5.41) is 27.7. The third kappa shape index (κ3) is 29.8. The van der Waals surface area contributed by atoms with E-state index in [1.165, 1.54) is 29.0 Å². The Labute approximate surface area is 811 Å². The van der Waals surface area contributed by atoms with E-state index in [0.29, 0.717) is 85.7 Å². The zero-order valence-corrected chi connectivity index (χ0v) is 84.0. The number of unbranched alkanes of at least 4 members (excludes halogenated alkanes) is 9. The Bertz CT molecular complexity index is 6200. The predicted octanol–water partition coefficient (Wildman–Crippen LogP) is 14.2. The standard InChI is InChI=1S/C100H136N14O17S4.CO2/c1-67(76-63-103-68(2)104-64-76)29-14-9-11-17-35-84-75(58-73-32-25-51-102-97(73)111-84)62-108-98(120)85(37-22-23-50-101-91(115)48-49-92(116)107-61-74-57-72-31-20-21-36-82(72)109-83(74)34-16-12-10-15-30-71(59-94(118)119)77-65-105-69(3)106-66-77)110-93(117)41-26-52-112(8)134(127,128)88-38-24-33-80-79(88)45-47-87-95(80)99(4,5)89(114(87)54-28-56-133(124,125)126)39-18-13-19-40-90-100(6,7)96-81-60-78(135(129,130)131)44-42-70(81)43-46-86(96)113(90)53-27-55-132(121,122)123;2-1-3/h24,33,38,42-47,57-58,60,63-67,71,85,89H,9-23,25-32,34-37,39-41,48-56,59,61-62H2,1-8H3,(H8-,101,102,107,108,110,111,115,116,117,118,119,120,121,122,123,124,125,126,129,130,131);/t67-,71+,85+,89?;/m1./s1. The highest BCUT2D eigenvalue weighted by atomic mass is 32.2. The van der Waals surface area contributed by atoms with Crippen LogP contribution < -0.4 is 31.5 Å². The van der Waals surface area contributed by atoms with Gasteiger partial charge in [0.1, 0.15) is 30.1 Å². The lowest BCUT2D eigenvalue weighted by atomic mass is 9.76. The summed E-state index contributed by atoms with van der Waals surface area (Å²) < 4.78 is 138. The molecule has 3 aliphatic heterocycles. The van der Waals surface area contributed by atoms with Crippen LogP contribution in [-0.2, 0) is 130 Å². The van der Waals surface area contributed by atoms with Gasteiger partial charge in [-0.15, -0.1) is 0 Å². The second-order valence-electron chi connectivity index (χ2n) is 38.4. The van der Waals surface area contributed by atoms with E-state index in [1.54, 1.807) is 43.6 Å². The van der Waals surface area contributed by atoms with E-state index < -0.39 is 86.5 Å². The zero-order chi connectivity index (χ0) is 99.7. The molecule has 138 heavy (non-hydrogen) atoms. The molecule has 0 spiro atoms. The summed E-state index contributed by atoms with van der Waals surface area (Å²) in [5.74, 6) is -0.993. The molecule has 8 aromatic rings. The van der Waals surface area contributed by atoms with E-state index in [9.17, 15) is 68.0 Å². The first-order chi connectivity index (χ1) is 65.6. The molecule has 8 N–H and O–H groups in total. The number of carbonyl (C=O) groups is 5. The van der Waals surface area contributed by atoms with Crippen LogP contribution in [0.3, 0.4) is 0 Å². The van der Waals surface area contributed by atoms with E-state index in [1.807, 2.05) is 62.0 Å². The van der Waals surface area contributed by atoms with Crippen molar-refractivity contribution in [3.8, 4) is 0 Å². The summed E-state index contributed by atoms with van der Waals surface area (Å²) in [6, 6.07) is 20.0. The molecule has 0 fully saturated rings. The molecule has 4 atom stereocenters. The summed E-state index contributed by atoms with van der Waals surface area (Å²) in [5.41, 5.74) is 11.8.